The smallest absolute Gasteiger partial charge is 0.258 e. The number of piperazine rings is 1. The molecule has 0 spiro atoms. The molecule has 1 aromatic carbocycles. The lowest BCUT2D eigenvalue weighted by Gasteiger charge is -2.34. The van der Waals surface area contributed by atoms with Crippen molar-refractivity contribution in [3.05, 3.63) is 67.5 Å². The zero-order valence-electron chi connectivity index (χ0n) is 15.0. The maximum absolute atomic E-state index is 12.6. The largest absolute Gasteiger partial charge is 0.340 e. The first-order valence-corrected chi connectivity index (χ1v) is 10.5. The van der Waals surface area contributed by atoms with Gasteiger partial charge in [-0.25, -0.2) is 4.98 Å². The third kappa shape index (κ3) is 4.07. The number of rotatable bonds is 4. The van der Waals surface area contributed by atoms with E-state index in [0.717, 1.165) is 18.8 Å². The number of aromatic nitrogens is 2. The lowest BCUT2D eigenvalue weighted by molar-refractivity contribution is -0.132. The fraction of sp³-hybridized carbons (Fsp3) is 0.316. The van der Waals surface area contributed by atoms with Crippen molar-refractivity contribution in [3.63, 3.8) is 0 Å². The van der Waals surface area contributed by atoms with Crippen LogP contribution in [0, 0.1) is 0 Å². The van der Waals surface area contributed by atoms with Crippen LogP contribution in [0.2, 0.25) is 10.0 Å². The van der Waals surface area contributed by atoms with Crippen molar-refractivity contribution in [2.45, 2.75) is 13.0 Å². The normalized spacial score (nSPS) is 15.3. The Morgan fingerprint density at radius 1 is 1.14 bits per heavy atom. The van der Waals surface area contributed by atoms with Gasteiger partial charge in [0, 0.05) is 60.4 Å². The number of benzene rings is 1. The average molecular weight is 437 g/mol. The van der Waals surface area contributed by atoms with Crippen LogP contribution < -0.4 is 5.56 Å². The third-order valence-electron chi connectivity index (χ3n) is 4.86. The summed E-state index contributed by atoms with van der Waals surface area (Å²) in [4.78, 5) is 34.0. The molecule has 0 N–H and O–H groups in total. The molecule has 0 bridgehead atoms. The molecule has 1 aliphatic rings. The molecule has 1 saturated heterocycles. The standard InChI is InChI=1S/C19H18Cl2N4O2S/c20-15-2-1-3-16(21)14(15)11-17(26)24-6-4-23(5-7-24)12-13-10-18(27)25-8-9-28-19(25)22-13/h1-3,8-10H,4-7,11-12H2. The van der Waals surface area contributed by atoms with Gasteiger partial charge in [0.25, 0.3) is 5.56 Å². The summed E-state index contributed by atoms with van der Waals surface area (Å²) >= 11 is 13.8. The number of hydrogen-bond acceptors (Lipinski definition) is 5. The molecule has 146 valence electrons. The Bertz CT molecular complexity index is 1050. The zero-order chi connectivity index (χ0) is 19.7. The Morgan fingerprint density at radius 2 is 1.86 bits per heavy atom. The molecule has 4 rings (SSSR count). The van der Waals surface area contributed by atoms with Gasteiger partial charge in [-0.1, -0.05) is 29.3 Å². The predicted molar refractivity (Wildman–Crippen MR) is 111 cm³/mol. The maximum Gasteiger partial charge on any atom is 0.258 e. The molecular formula is C19H18Cl2N4O2S. The molecule has 0 aliphatic carbocycles. The molecule has 0 unspecified atom stereocenters. The van der Waals surface area contributed by atoms with Crippen molar-refractivity contribution in [2.24, 2.45) is 0 Å². The van der Waals surface area contributed by atoms with Crippen LogP contribution in [0.15, 0.2) is 40.6 Å². The molecule has 9 heteroatoms. The summed E-state index contributed by atoms with van der Waals surface area (Å²) in [6.45, 7) is 3.31. The van der Waals surface area contributed by atoms with Gasteiger partial charge in [0.15, 0.2) is 4.96 Å². The SMILES string of the molecule is O=C(Cc1c(Cl)cccc1Cl)N1CCN(Cc2cc(=O)n3ccsc3n2)CC1. The fourth-order valence-electron chi connectivity index (χ4n) is 3.32. The minimum atomic E-state index is -0.0633. The first-order chi connectivity index (χ1) is 13.5. The van der Waals surface area contributed by atoms with Gasteiger partial charge in [-0.2, -0.15) is 0 Å². The summed E-state index contributed by atoms with van der Waals surface area (Å²) < 4.78 is 1.55. The highest BCUT2D eigenvalue weighted by atomic mass is 35.5. The Balaban J connectivity index is 1.36. The lowest BCUT2D eigenvalue weighted by Crippen LogP contribution is -2.48. The fourth-order valence-corrected chi connectivity index (χ4v) is 4.59. The van der Waals surface area contributed by atoms with Crippen LogP contribution in [0.4, 0.5) is 0 Å². The summed E-state index contributed by atoms with van der Waals surface area (Å²) in [5.41, 5.74) is 1.37. The number of thiazole rings is 1. The van der Waals surface area contributed by atoms with Crippen LogP contribution in [0.5, 0.6) is 0 Å². The van der Waals surface area contributed by atoms with Crippen LogP contribution in [-0.2, 0) is 17.8 Å². The molecule has 0 saturated carbocycles. The van der Waals surface area contributed by atoms with Gasteiger partial charge in [0.2, 0.25) is 5.91 Å². The monoisotopic (exact) mass is 436 g/mol. The van der Waals surface area contributed by atoms with Gasteiger partial charge in [-0.05, 0) is 17.7 Å². The van der Waals surface area contributed by atoms with Gasteiger partial charge in [-0.3, -0.25) is 18.9 Å². The van der Waals surface area contributed by atoms with Crippen molar-refractivity contribution >= 4 is 45.4 Å². The second kappa shape index (κ2) is 8.21. The minimum Gasteiger partial charge on any atom is -0.340 e. The van der Waals surface area contributed by atoms with Crippen LogP contribution in [0.1, 0.15) is 11.3 Å². The van der Waals surface area contributed by atoms with Crippen LogP contribution in [0.25, 0.3) is 4.96 Å². The van der Waals surface area contributed by atoms with E-state index in [1.807, 2.05) is 10.3 Å². The van der Waals surface area contributed by atoms with Crippen molar-refractivity contribution < 1.29 is 4.79 Å². The molecule has 3 heterocycles. The Hall–Kier alpha value is -1.93. The van der Waals surface area contributed by atoms with Gasteiger partial charge in [0.1, 0.15) is 0 Å². The molecular weight excluding hydrogens is 419 g/mol. The topological polar surface area (TPSA) is 57.9 Å². The van der Waals surface area contributed by atoms with E-state index in [0.29, 0.717) is 40.2 Å². The zero-order valence-corrected chi connectivity index (χ0v) is 17.3. The number of carbonyl (C=O) groups is 1. The van der Waals surface area contributed by atoms with E-state index >= 15 is 0 Å². The van der Waals surface area contributed by atoms with Gasteiger partial charge >= 0.3 is 0 Å². The van der Waals surface area contributed by atoms with E-state index in [-0.39, 0.29) is 17.9 Å². The van der Waals surface area contributed by atoms with E-state index in [9.17, 15) is 9.59 Å². The first-order valence-electron chi connectivity index (χ1n) is 8.90. The first kappa shape index (κ1) is 19.4. The molecule has 6 nitrogen and oxygen atoms in total. The maximum atomic E-state index is 12.6. The number of fused-ring (bicyclic) bond motifs is 1. The second-order valence-corrected chi connectivity index (χ2v) is 8.36. The quantitative estimate of drug-likeness (QED) is 0.630. The predicted octanol–water partition coefficient (Wildman–Crippen LogP) is 2.95. The second-order valence-electron chi connectivity index (χ2n) is 6.68. The molecule has 1 amide bonds. The Labute approximate surface area is 175 Å². The van der Waals surface area contributed by atoms with Gasteiger partial charge in [-0.15, -0.1) is 11.3 Å². The molecule has 0 radical (unpaired) electrons. The van der Waals surface area contributed by atoms with Gasteiger partial charge in [0.05, 0.1) is 12.1 Å². The number of hydrogen-bond donors (Lipinski definition) is 0. The Kier molecular flexibility index (Phi) is 5.68. The van der Waals surface area contributed by atoms with Crippen LogP contribution in [0.3, 0.4) is 0 Å². The molecule has 2 aromatic heterocycles. The van der Waals surface area contributed by atoms with E-state index in [1.54, 1.807) is 34.9 Å². The van der Waals surface area contributed by atoms with E-state index in [2.05, 4.69) is 9.88 Å². The molecule has 1 aliphatic heterocycles. The van der Waals surface area contributed by atoms with Crippen molar-refractivity contribution in [2.75, 3.05) is 26.2 Å². The van der Waals surface area contributed by atoms with E-state index in [4.69, 9.17) is 23.2 Å². The highest BCUT2D eigenvalue weighted by molar-refractivity contribution is 7.15. The minimum absolute atomic E-state index is 0.0195. The van der Waals surface area contributed by atoms with E-state index in [1.165, 1.54) is 11.3 Å². The van der Waals surface area contributed by atoms with Crippen molar-refractivity contribution in [3.8, 4) is 0 Å². The summed E-state index contributed by atoms with van der Waals surface area (Å²) in [6.07, 6.45) is 1.93. The molecule has 28 heavy (non-hydrogen) atoms. The number of amides is 1. The summed E-state index contributed by atoms with van der Waals surface area (Å²) in [5.74, 6) is 0.0195. The number of halogens is 2. The van der Waals surface area contributed by atoms with Crippen LogP contribution >= 0.6 is 34.5 Å². The highest BCUT2D eigenvalue weighted by Crippen LogP contribution is 2.25. The third-order valence-corrected chi connectivity index (χ3v) is 6.32. The van der Waals surface area contributed by atoms with Crippen molar-refractivity contribution in [1.82, 2.24) is 19.2 Å². The molecule has 3 aromatic rings. The lowest BCUT2D eigenvalue weighted by atomic mass is 10.1. The number of nitrogens with zero attached hydrogens (tertiary/aromatic N) is 4. The van der Waals surface area contributed by atoms with E-state index < -0.39 is 0 Å². The van der Waals surface area contributed by atoms with Crippen LogP contribution in [-0.4, -0.2) is 51.3 Å². The van der Waals surface area contributed by atoms with Gasteiger partial charge < -0.3 is 4.90 Å². The summed E-state index contributed by atoms with van der Waals surface area (Å²) in [6, 6.07) is 6.84. The Morgan fingerprint density at radius 3 is 2.57 bits per heavy atom. The highest BCUT2D eigenvalue weighted by Gasteiger charge is 2.23. The molecule has 1 fully saturated rings. The summed E-state index contributed by atoms with van der Waals surface area (Å²) in [5, 5.41) is 2.88. The number of carbonyl (C=O) groups excluding carboxylic acids is 1. The average Bonchev–Trinajstić information content (AvgIpc) is 3.14. The summed E-state index contributed by atoms with van der Waals surface area (Å²) in [7, 11) is 0. The molecule has 0 atom stereocenters. The van der Waals surface area contributed by atoms with Crippen molar-refractivity contribution in [1.29, 1.82) is 0 Å².